The maximum atomic E-state index is 13.3. The Kier molecular flexibility index (Phi) is 5.25. The number of hydrogen-bond donors (Lipinski definition) is 0. The van der Waals surface area contributed by atoms with E-state index in [0.717, 1.165) is 26.0 Å². The molecule has 0 N–H and O–H groups in total. The van der Waals surface area contributed by atoms with Gasteiger partial charge in [-0.1, -0.05) is 23.7 Å². The van der Waals surface area contributed by atoms with Gasteiger partial charge in [-0.25, -0.2) is 9.37 Å². The molecule has 136 valence electrons. The van der Waals surface area contributed by atoms with E-state index in [-0.39, 0.29) is 5.82 Å². The van der Waals surface area contributed by atoms with E-state index in [9.17, 15) is 4.39 Å². The predicted molar refractivity (Wildman–Crippen MR) is 111 cm³/mol. The fourth-order valence-corrected chi connectivity index (χ4v) is 4.86. The lowest BCUT2D eigenvalue weighted by Gasteiger charge is -2.05. The number of benzene rings is 2. The molecule has 2 nitrogen and oxygen atoms in total. The van der Waals surface area contributed by atoms with Gasteiger partial charge in [-0.3, -0.25) is 0 Å². The van der Waals surface area contributed by atoms with Gasteiger partial charge in [0.05, 0.1) is 15.6 Å². The summed E-state index contributed by atoms with van der Waals surface area (Å²) in [6.45, 7) is 2.40. The third-order valence-electron chi connectivity index (χ3n) is 3.93. The lowest BCUT2D eigenvalue weighted by Crippen LogP contribution is -1.95. The monoisotopic (exact) mass is 415 g/mol. The number of aryl methyl sites for hydroxylation is 1. The van der Waals surface area contributed by atoms with E-state index in [4.69, 9.17) is 21.3 Å². The summed E-state index contributed by atoms with van der Waals surface area (Å²) in [4.78, 5) is 6.99. The first-order valence-corrected chi connectivity index (χ1v) is 10.4. The molecule has 0 bridgehead atoms. The fraction of sp³-hybridized carbons (Fsp3) is 0.0952. The number of thiophene rings is 1. The Labute approximate surface area is 169 Å². The zero-order valence-electron chi connectivity index (χ0n) is 14.4. The van der Waals surface area contributed by atoms with Crippen molar-refractivity contribution in [2.24, 2.45) is 0 Å². The van der Waals surface area contributed by atoms with Gasteiger partial charge in [0, 0.05) is 10.4 Å². The summed E-state index contributed by atoms with van der Waals surface area (Å²) in [6.07, 6.45) is 0. The Morgan fingerprint density at radius 2 is 1.89 bits per heavy atom. The molecule has 0 fully saturated rings. The third kappa shape index (κ3) is 4.05. The first-order chi connectivity index (χ1) is 13.1. The van der Waals surface area contributed by atoms with Crippen LogP contribution in [0.15, 0.2) is 60.0 Å². The maximum Gasteiger partial charge on any atom is 0.140 e. The SMILES string of the molecule is Cc1csc(-c2sc(COc3ccccc3Cl)nc2-c2ccc(F)cc2)c1. The molecule has 0 unspecified atom stereocenters. The number of nitrogens with zero attached hydrogens (tertiary/aromatic N) is 1. The van der Waals surface area contributed by atoms with Gasteiger partial charge in [0.15, 0.2) is 0 Å². The largest absolute Gasteiger partial charge is 0.485 e. The normalized spacial score (nSPS) is 10.9. The minimum Gasteiger partial charge on any atom is -0.485 e. The van der Waals surface area contributed by atoms with Crippen molar-refractivity contribution in [3.8, 4) is 26.8 Å². The van der Waals surface area contributed by atoms with Crippen LogP contribution in [0.25, 0.3) is 21.0 Å². The van der Waals surface area contributed by atoms with E-state index in [2.05, 4.69) is 18.4 Å². The van der Waals surface area contributed by atoms with E-state index in [0.29, 0.717) is 17.4 Å². The van der Waals surface area contributed by atoms with Crippen molar-refractivity contribution < 1.29 is 9.13 Å². The van der Waals surface area contributed by atoms with Crippen LogP contribution in [0.1, 0.15) is 10.6 Å². The van der Waals surface area contributed by atoms with Crippen LogP contribution in [0, 0.1) is 12.7 Å². The molecule has 6 heteroatoms. The molecule has 2 aromatic heterocycles. The average molecular weight is 416 g/mol. The summed E-state index contributed by atoms with van der Waals surface area (Å²) in [7, 11) is 0. The average Bonchev–Trinajstić information content (AvgIpc) is 3.28. The highest BCUT2D eigenvalue weighted by Gasteiger charge is 2.17. The Morgan fingerprint density at radius 1 is 1.11 bits per heavy atom. The van der Waals surface area contributed by atoms with Crippen molar-refractivity contribution in [3.05, 3.63) is 81.4 Å². The first-order valence-electron chi connectivity index (χ1n) is 8.28. The molecule has 0 radical (unpaired) electrons. The van der Waals surface area contributed by atoms with Crippen LogP contribution in [-0.4, -0.2) is 4.98 Å². The highest BCUT2D eigenvalue weighted by molar-refractivity contribution is 7.21. The van der Waals surface area contributed by atoms with Crippen molar-refractivity contribution in [2.75, 3.05) is 0 Å². The molecule has 2 heterocycles. The number of thiazole rings is 1. The smallest absolute Gasteiger partial charge is 0.140 e. The Bertz CT molecular complexity index is 1070. The molecular weight excluding hydrogens is 401 g/mol. The third-order valence-corrected chi connectivity index (χ3v) is 6.50. The topological polar surface area (TPSA) is 22.1 Å². The number of para-hydroxylation sites is 1. The quantitative estimate of drug-likeness (QED) is 0.343. The van der Waals surface area contributed by atoms with Gasteiger partial charge in [-0.2, -0.15) is 0 Å². The lowest BCUT2D eigenvalue weighted by atomic mass is 10.1. The van der Waals surface area contributed by atoms with Crippen molar-refractivity contribution >= 4 is 34.3 Å². The summed E-state index contributed by atoms with van der Waals surface area (Å²) in [5, 5.41) is 3.53. The number of halogens is 2. The van der Waals surface area contributed by atoms with Crippen LogP contribution in [0.5, 0.6) is 5.75 Å². The summed E-state index contributed by atoms with van der Waals surface area (Å²) in [6, 6.07) is 15.9. The number of hydrogen-bond acceptors (Lipinski definition) is 4. The van der Waals surface area contributed by atoms with Crippen molar-refractivity contribution in [3.63, 3.8) is 0 Å². The Morgan fingerprint density at radius 3 is 2.59 bits per heavy atom. The molecule has 0 amide bonds. The zero-order valence-corrected chi connectivity index (χ0v) is 16.8. The van der Waals surface area contributed by atoms with Gasteiger partial charge in [0.25, 0.3) is 0 Å². The molecule has 0 saturated carbocycles. The van der Waals surface area contributed by atoms with Gasteiger partial charge in [0.1, 0.15) is 23.2 Å². The fourth-order valence-electron chi connectivity index (χ4n) is 2.65. The van der Waals surface area contributed by atoms with Crippen LogP contribution in [0.3, 0.4) is 0 Å². The molecule has 4 aromatic rings. The zero-order chi connectivity index (χ0) is 18.8. The number of ether oxygens (including phenoxy) is 1. The number of aromatic nitrogens is 1. The van der Waals surface area contributed by atoms with Gasteiger partial charge in [-0.15, -0.1) is 22.7 Å². The summed E-state index contributed by atoms with van der Waals surface area (Å²) < 4.78 is 19.2. The van der Waals surface area contributed by atoms with Crippen LogP contribution >= 0.6 is 34.3 Å². The molecule has 0 saturated heterocycles. The van der Waals surface area contributed by atoms with Crippen LogP contribution < -0.4 is 4.74 Å². The van der Waals surface area contributed by atoms with Crippen molar-refractivity contribution in [2.45, 2.75) is 13.5 Å². The van der Waals surface area contributed by atoms with E-state index >= 15 is 0 Å². The number of rotatable bonds is 5. The molecule has 0 atom stereocenters. The molecule has 0 spiro atoms. The highest BCUT2D eigenvalue weighted by atomic mass is 35.5. The summed E-state index contributed by atoms with van der Waals surface area (Å²) in [5.41, 5.74) is 2.94. The minimum absolute atomic E-state index is 0.259. The van der Waals surface area contributed by atoms with E-state index in [1.54, 1.807) is 40.9 Å². The highest BCUT2D eigenvalue weighted by Crippen LogP contribution is 2.40. The molecular formula is C21H15ClFNOS2. The van der Waals surface area contributed by atoms with E-state index in [1.165, 1.54) is 17.7 Å². The van der Waals surface area contributed by atoms with Gasteiger partial charge >= 0.3 is 0 Å². The molecule has 4 rings (SSSR count). The minimum atomic E-state index is -0.259. The van der Waals surface area contributed by atoms with Crippen LogP contribution in [0.4, 0.5) is 4.39 Å². The Hall–Kier alpha value is -2.21. The maximum absolute atomic E-state index is 13.3. The lowest BCUT2D eigenvalue weighted by molar-refractivity contribution is 0.306. The summed E-state index contributed by atoms with van der Waals surface area (Å²) in [5.74, 6) is 0.371. The second-order valence-corrected chi connectivity index (χ2v) is 8.40. The van der Waals surface area contributed by atoms with Gasteiger partial charge in [-0.05, 0) is 60.3 Å². The standard InChI is InChI=1S/C21H15ClFNOS2/c1-13-10-18(26-12-13)21-20(14-6-8-15(23)9-7-14)24-19(27-21)11-25-17-5-3-2-4-16(17)22/h2-10,12H,11H2,1H3. The summed E-state index contributed by atoms with van der Waals surface area (Å²) >= 11 is 9.43. The van der Waals surface area contributed by atoms with Crippen LogP contribution in [-0.2, 0) is 6.61 Å². The molecule has 27 heavy (non-hydrogen) atoms. The van der Waals surface area contributed by atoms with Gasteiger partial charge in [0.2, 0.25) is 0 Å². The first kappa shape index (κ1) is 18.2. The van der Waals surface area contributed by atoms with Crippen LogP contribution in [0.2, 0.25) is 5.02 Å². The molecule has 0 aliphatic carbocycles. The van der Waals surface area contributed by atoms with E-state index in [1.807, 2.05) is 18.2 Å². The van der Waals surface area contributed by atoms with E-state index < -0.39 is 0 Å². The predicted octanol–water partition coefficient (Wildman–Crippen LogP) is 7.22. The molecule has 0 aliphatic rings. The second-order valence-electron chi connectivity index (χ2n) is 6.00. The molecule has 2 aromatic carbocycles. The van der Waals surface area contributed by atoms with Crippen molar-refractivity contribution in [1.29, 1.82) is 0 Å². The van der Waals surface area contributed by atoms with Gasteiger partial charge < -0.3 is 4.74 Å². The second kappa shape index (κ2) is 7.80. The molecule has 0 aliphatic heterocycles. The Balaban J connectivity index is 1.69. The van der Waals surface area contributed by atoms with Crippen molar-refractivity contribution in [1.82, 2.24) is 4.98 Å².